The number of fused-ring (bicyclic) bond motifs is 2. The molecule has 0 radical (unpaired) electrons. The SMILES string of the molecule is Cn1c(=O)nc2n(-c3cccc(C(F)(F)F)c3)c3ccc([N+](=O)[O-])cc3cc-2c1=O. The third-order valence-electron chi connectivity index (χ3n) is 4.67. The molecule has 152 valence electrons. The molecule has 0 aromatic heterocycles. The Kier molecular flexibility index (Phi) is 4.19. The largest absolute Gasteiger partial charge is 0.416 e. The lowest BCUT2D eigenvalue weighted by atomic mass is 10.1. The van der Waals surface area contributed by atoms with Gasteiger partial charge in [-0.25, -0.2) is 4.79 Å². The molecular weight excluding hydrogens is 405 g/mol. The van der Waals surface area contributed by atoms with E-state index in [1.165, 1.54) is 48.0 Å². The van der Waals surface area contributed by atoms with Crippen molar-refractivity contribution in [1.82, 2.24) is 14.1 Å². The van der Waals surface area contributed by atoms with Gasteiger partial charge in [0.15, 0.2) is 5.82 Å². The molecule has 2 heterocycles. The Labute approximate surface area is 164 Å². The van der Waals surface area contributed by atoms with Gasteiger partial charge in [0.2, 0.25) is 0 Å². The number of rotatable bonds is 2. The molecule has 0 amide bonds. The molecule has 2 aliphatic rings. The lowest BCUT2D eigenvalue weighted by Crippen LogP contribution is -2.35. The van der Waals surface area contributed by atoms with E-state index in [4.69, 9.17) is 0 Å². The number of hydrogen-bond acceptors (Lipinski definition) is 5. The number of nitro groups is 1. The predicted molar refractivity (Wildman–Crippen MR) is 101 cm³/mol. The number of hydrogen-bond donors (Lipinski definition) is 0. The first kappa shape index (κ1) is 19.3. The van der Waals surface area contributed by atoms with E-state index in [0.717, 1.165) is 16.7 Å². The van der Waals surface area contributed by atoms with Gasteiger partial charge in [0, 0.05) is 30.3 Å². The summed E-state index contributed by atoms with van der Waals surface area (Å²) in [6.45, 7) is 0. The van der Waals surface area contributed by atoms with Gasteiger partial charge >= 0.3 is 11.9 Å². The molecule has 0 saturated heterocycles. The second-order valence-corrected chi connectivity index (χ2v) is 6.52. The molecule has 0 saturated carbocycles. The van der Waals surface area contributed by atoms with Crippen LogP contribution in [-0.2, 0) is 13.2 Å². The van der Waals surface area contributed by atoms with Gasteiger partial charge in [-0.05, 0) is 30.3 Å². The predicted octanol–water partition coefficient (Wildman–Crippen LogP) is 3.12. The first-order chi connectivity index (χ1) is 14.1. The Morgan fingerprint density at radius 3 is 2.47 bits per heavy atom. The third kappa shape index (κ3) is 3.00. The van der Waals surface area contributed by atoms with E-state index < -0.39 is 27.9 Å². The summed E-state index contributed by atoms with van der Waals surface area (Å²) in [4.78, 5) is 39.1. The zero-order valence-corrected chi connectivity index (χ0v) is 15.2. The summed E-state index contributed by atoms with van der Waals surface area (Å²) >= 11 is 0. The third-order valence-corrected chi connectivity index (χ3v) is 4.67. The highest BCUT2D eigenvalue weighted by Crippen LogP contribution is 2.34. The van der Waals surface area contributed by atoms with Crippen molar-refractivity contribution in [2.45, 2.75) is 6.18 Å². The number of nitrogens with zero attached hydrogens (tertiary/aromatic N) is 4. The molecule has 0 aliphatic carbocycles. The fourth-order valence-electron chi connectivity index (χ4n) is 3.21. The molecule has 0 N–H and O–H groups in total. The van der Waals surface area contributed by atoms with E-state index in [9.17, 15) is 32.9 Å². The van der Waals surface area contributed by atoms with Gasteiger partial charge in [-0.2, -0.15) is 18.2 Å². The number of non-ortho nitro benzene ring substituents is 1. The maximum Gasteiger partial charge on any atom is 0.416 e. The highest BCUT2D eigenvalue weighted by molar-refractivity contribution is 5.89. The average molecular weight is 416 g/mol. The lowest BCUT2D eigenvalue weighted by Gasteiger charge is -2.19. The van der Waals surface area contributed by atoms with Crippen molar-refractivity contribution in [2.24, 2.45) is 7.05 Å². The molecule has 2 aliphatic heterocycles. The zero-order valence-electron chi connectivity index (χ0n) is 15.2. The van der Waals surface area contributed by atoms with Crippen LogP contribution in [0.4, 0.5) is 18.9 Å². The number of aromatic nitrogens is 3. The van der Waals surface area contributed by atoms with E-state index in [1.807, 2.05) is 0 Å². The van der Waals surface area contributed by atoms with E-state index in [0.29, 0.717) is 0 Å². The number of pyridine rings is 1. The van der Waals surface area contributed by atoms with Crippen LogP contribution >= 0.6 is 0 Å². The second-order valence-electron chi connectivity index (χ2n) is 6.52. The maximum atomic E-state index is 13.2. The van der Waals surface area contributed by atoms with Crippen LogP contribution in [0, 0.1) is 10.1 Å². The summed E-state index contributed by atoms with van der Waals surface area (Å²) < 4.78 is 41.7. The van der Waals surface area contributed by atoms with Crippen LogP contribution in [0.25, 0.3) is 28.0 Å². The minimum Gasteiger partial charge on any atom is -0.294 e. The topological polar surface area (TPSA) is 100 Å². The number of halogens is 3. The number of alkyl halides is 3. The minimum absolute atomic E-state index is 0.00516. The van der Waals surface area contributed by atoms with Crippen LogP contribution in [0.3, 0.4) is 0 Å². The fraction of sp³-hybridized carbons (Fsp3) is 0.105. The molecule has 11 heteroatoms. The molecule has 4 rings (SSSR count). The summed E-state index contributed by atoms with van der Waals surface area (Å²) in [5.74, 6) is -0.149. The Hall–Kier alpha value is -4.02. The lowest BCUT2D eigenvalue weighted by molar-refractivity contribution is -0.384. The van der Waals surface area contributed by atoms with Crippen molar-refractivity contribution in [2.75, 3.05) is 0 Å². The van der Waals surface area contributed by atoms with Gasteiger partial charge in [0.25, 0.3) is 11.2 Å². The van der Waals surface area contributed by atoms with Gasteiger partial charge in [-0.15, -0.1) is 0 Å². The monoisotopic (exact) mass is 416 g/mol. The van der Waals surface area contributed by atoms with Gasteiger partial charge in [-0.1, -0.05) is 6.07 Å². The van der Waals surface area contributed by atoms with Crippen LogP contribution in [0.1, 0.15) is 5.56 Å². The molecule has 0 atom stereocenters. The smallest absolute Gasteiger partial charge is 0.294 e. The standard InChI is InChI=1S/C19H11F3N4O4/c1-24-17(27)14-8-10-7-13(26(29)30)5-6-15(10)25(16(14)23-18(24)28)12-4-2-3-11(9-12)19(20,21)22/h2-9H,1H3. The molecule has 2 aromatic rings. The Bertz CT molecular complexity index is 1420. The summed E-state index contributed by atoms with van der Waals surface area (Å²) in [7, 11) is 1.21. The van der Waals surface area contributed by atoms with Crippen LogP contribution in [0.2, 0.25) is 0 Å². The van der Waals surface area contributed by atoms with Crippen molar-refractivity contribution in [3.63, 3.8) is 0 Å². The van der Waals surface area contributed by atoms with Crippen LogP contribution in [-0.4, -0.2) is 19.0 Å². The number of nitro benzene ring substituents is 1. The van der Waals surface area contributed by atoms with Gasteiger partial charge in [-0.3, -0.25) is 24.0 Å². The van der Waals surface area contributed by atoms with E-state index in [2.05, 4.69) is 4.98 Å². The summed E-state index contributed by atoms with van der Waals surface area (Å²) in [6, 6.07) is 9.31. The van der Waals surface area contributed by atoms with Crippen molar-refractivity contribution in [3.05, 3.63) is 85.0 Å². The van der Waals surface area contributed by atoms with Crippen molar-refractivity contribution < 1.29 is 18.1 Å². The van der Waals surface area contributed by atoms with Gasteiger partial charge < -0.3 is 0 Å². The van der Waals surface area contributed by atoms with Crippen molar-refractivity contribution in [1.29, 1.82) is 0 Å². The summed E-state index contributed by atoms with van der Waals surface area (Å²) in [5, 5.41) is 11.4. The van der Waals surface area contributed by atoms with Gasteiger partial charge in [0.05, 0.1) is 21.6 Å². The average Bonchev–Trinajstić information content (AvgIpc) is 2.70. The number of benzene rings is 2. The minimum atomic E-state index is -4.62. The summed E-state index contributed by atoms with van der Waals surface area (Å²) in [6.07, 6.45) is -4.62. The normalized spacial score (nSPS) is 11.9. The van der Waals surface area contributed by atoms with E-state index >= 15 is 0 Å². The van der Waals surface area contributed by atoms with Crippen molar-refractivity contribution in [3.8, 4) is 17.1 Å². The molecule has 30 heavy (non-hydrogen) atoms. The molecule has 8 nitrogen and oxygen atoms in total. The van der Waals surface area contributed by atoms with E-state index in [1.54, 1.807) is 0 Å². The molecule has 0 fully saturated rings. The molecular formula is C19H11F3N4O4. The Balaban J connectivity index is 2.19. The van der Waals surface area contributed by atoms with Crippen LogP contribution in [0.5, 0.6) is 0 Å². The Morgan fingerprint density at radius 2 is 1.80 bits per heavy atom. The fourth-order valence-corrected chi connectivity index (χ4v) is 3.21. The maximum absolute atomic E-state index is 13.2. The highest BCUT2D eigenvalue weighted by Gasteiger charge is 2.31. The zero-order chi connectivity index (χ0) is 21.8. The first-order valence-corrected chi connectivity index (χ1v) is 8.46. The van der Waals surface area contributed by atoms with Crippen LogP contribution < -0.4 is 11.2 Å². The summed E-state index contributed by atoms with van der Waals surface area (Å²) in [5.41, 5.74) is -2.63. The molecule has 2 aromatic carbocycles. The highest BCUT2D eigenvalue weighted by atomic mass is 19.4. The quantitative estimate of drug-likeness (QED) is 0.284. The molecule has 0 spiro atoms. The van der Waals surface area contributed by atoms with E-state index in [-0.39, 0.29) is 33.7 Å². The second kappa shape index (κ2) is 6.51. The molecule has 0 bridgehead atoms. The first-order valence-electron chi connectivity index (χ1n) is 8.46. The van der Waals surface area contributed by atoms with Gasteiger partial charge in [0.1, 0.15) is 0 Å². The van der Waals surface area contributed by atoms with Crippen LogP contribution in [0.15, 0.2) is 58.1 Å². The molecule has 0 unspecified atom stereocenters. The van der Waals surface area contributed by atoms with Crippen molar-refractivity contribution >= 4 is 16.6 Å². The Morgan fingerprint density at radius 1 is 1.07 bits per heavy atom.